The number of rotatable bonds is 5. The van der Waals surface area contributed by atoms with E-state index in [9.17, 15) is 19.7 Å². The second-order valence-electron chi connectivity index (χ2n) is 5.90. The van der Waals surface area contributed by atoms with Gasteiger partial charge in [-0.2, -0.15) is 0 Å². The normalized spacial score (nSPS) is 27.2. The Hall–Kier alpha value is -0.0800. The molecule has 3 aromatic rings. The fraction of sp³-hybridized carbons (Fsp3) is 0.429. The van der Waals surface area contributed by atoms with Gasteiger partial charge in [-0.1, -0.05) is 0 Å². The first-order valence-electron chi connectivity index (χ1n) is 7.78. The molecule has 1 fully saturated rings. The molecular formula is C14H15N3NaO7PS2. The van der Waals surface area contributed by atoms with E-state index in [0.29, 0.717) is 5.65 Å². The fourth-order valence-corrected chi connectivity index (χ4v) is 5.02. The Labute approximate surface area is 189 Å². The number of aromatic nitrogens is 3. The molecule has 0 saturated carbocycles. The van der Waals surface area contributed by atoms with Crippen molar-refractivity contribution in [3.8, 4) is 0 Å². The van der Waals surface area contributed by atoms with Gasteiger partial charge >= 0.3 is 29.6 Å². The van der Waals surface area contributed by atoms with Crippen LogP contribution in [0.4, 0.5) is 0 Å². The van der Waals surface area contributed by atoms with Gasteiger partial charge in [-0.05, 0) is 17.7 Å². The minimum Gasteiger partial charge on any atom is -0.756 e. The van der Waals surface area contributed by atoms with E-state index in [2.05, 4.69) is 14.5 Å². The van der Waals surface area contributed by atoms with Gasteiger partial charge in [0.25, 0.3) is 7.82 Å². The van der Waals surface area contributed by atoms with Crippen LogP contribution < -0.4 is 34.5 Å². The molecule has 28 heavy (non-hydrogen) atoms. The van der Waals surface area contributed by atoms with Gasteiger partial charge in [-0.15, -0.1) is 23.1 Å². The molecule has 0 spiro atoms. The Morgan fingerprint density at radius 1 is 1.43 bits per heavy atom. The van der Waals surface area contributed by atoms with Crippen molar-refractivity contribution < 1.29 is 63.4 Å². The van der Waals surface area contributed by atoms with E-state index in [-0.39, 0.29) is 29.6 Å². The number of thiophene rings is 1. The van der Waals surface area contributed by atoms with Gasteiger partial charge < -0.3 is 29.3 Å². The van der Waals surface area contributed by atoms with Gasteiger partial charge in [0.2, 0.25) is 0 Å². The maximum absolute atomic E-state index is 10.8. The van der Waals surface area contributed by atoms with Crippen molar-refractivity contribution in [2.24, 2.45) is 0 Å². The number of ether oxygens (including phenoxy) is 1. The summed E-state index contributed by atoms with van der Waals surface area (Å²) in [5.74, 6) is 0. The third-order valence-electron chi connectivity index (χ3n) is 4.34. The first-order chi connectivity index (χ1) is 12.8. The summed E-state index contributed by atoms with van der Waals surface area (Å²) in [5, 5.41) is 25.1. The van der Waals surface area contributed by atoms with Gasteiger partial charge in [-0.3, -0.25) is 9.13 Å². The summed E-state index contributed by atoms with van der Waals surface area (Å²) >= 11 is 2.87. The van der Waals surface area contributed by atoms with Crippen LogP contribution in [0.5, 0.6) is 0 Å². The zero-order valence-electron chi connectivity index (χ0n) is 14.8. The maximum atomic E-state index is 10.8. The topological polar surface area (TPSA) is 150 Å². The molecule has 146 valence electrons. The maximum Gasteiger partial charge on any atom is 1.00 e. The van der Waals surface area contributed by atoms with E-state index in [1.807, 2.05) is 17.7 Å². The first kappa shape index (κ1) is 22.6. The minimum absolute atomic E-state index is 0. The molecule has 1 aliphatic heterocycles. The molecule has 4 rings (SSSR count). The molecule has 0 radical (unpaired) electrons. The largest absolute Gasteiger partial charge is 1.00 e. The number of hydrogen-bond acceptors (Lipinski definition) is 10. The Balaban J connectivity index is 0.00000225. The molecule has 14 heteroatoms. The van der Waals surface area contributed by atoms with Gasteiger partial charge in [0.1, 0.15) is 40.1 Å². The molecule has 4 heterocycles. The van der Waals surface area contributed by atoms with Gasteiger partial charge in [0.15, 0.2) is 6.23 Å². The molecule has 0 aromatic carbocycles. The van der Waals surface area contributed by atoms with Crippen molar-refractivity contribution in [3.63, 3.8) is 0 Å². The molecule has 1 unspecified atom stereocenters. The number of phosphoric ester groups is 1. The summed E-state index contributed by atoms with van der Waals surface area (Å²) < 4.78 is 22.5. The molecule has 1 aliphatic rings. The molecule has 0 bridgehead atoms. The fourth-order valence-electron chi connectivity index (χ4n) is 3.19. The van der Waals surface area contributed by atoms with Crippen LogP contribution in [0.1, 0.15) is 6.23 Å². The van der Waals surface area contributed by atoms with Crippen LogP contribution in [0, 0.1) is 0 Å². The Bertz CT molecular complexity index is 1040. The number of phosphoric acid groups is 1. The average Bonchev–Trinajstić information content (AvgIpc) is 3.27. The number of hydrogen-bond donors (Lipinski definition) is 3. The van der Waals surface area contributed by atoms with Crippen LogP contribution in [0.3, 0.4) is 0 Å². The van der Waals surface area contributed by atoms with Gasteiger partial charge in [0, 0.05) is 5.39 Å². The van der Waals surface area contributed by atoms with E-state index >= 15 is 0 Å². The van der Waals surface area contributed by atoms with Gasteiger partial charge in [-0.25, -0.2) is 9.97 Å². The molecule has 0 aliphatic carbocycles. The molecule has 10 nitrogen and oxygen atoms in total. The first-order valence-corrected chi connectivity index (χ1v) is 11.4. The molecule has 1 saturated heterocycles. The third kappa shape index (κ3) is 3.94. The van der Waals surface area contributed by atoms with Crippen molar-refractivity contribution in [2.75, 3.05) is 12.9 Å². The zero-order chi connectivity index (χ0) is 19.3. The summed E-state index contributed by atoms with van der Waals surface area (Å²) in [4.78, 5) is 28.9. The van der Waals surface area contributed by atoms with Crippen LogP contribution in [-0.2, 0) is 13.8 Å². The summed E-state index contributed by atoms with van der Waals surface area (Å²) in [7, 11) is -4.97. The molecule has 5 atom stereocenters. The molecular weight excluding hydrogens is 440 g/mol. The number of fused-ring (bicyclic) bond motifs is 3. The quantitative estimate of drug-likeness (QED) is 0.163. The van der Waals surface area contributed by atoms with Gasteiger partial charge in [0.05, 0.1) is 12.0 Å². The van der Waals surface area contributed by atoms with E-state index in [4.69, 9.17) is 9.63 Å². The van der Waals surface area contributed by atoms with Crippen molar-refractivity contribution in [2.45, 2.75) is 29.6 Å². The molecule has 3 N–H and O–H groups in total. The number of aliphatic hydroxyl groups is 2. The van der Waals surface area contributed by atoms with Crippen molar-refractivity contribution in [1.29, 1.82) is 0 Å². The van der Waals surface area contributed by atoms with E-state index in [1.165, 1.54) is 29.4 Å². The second kappa shape index (κ2) is 8.58. The smallest absolute Gasteiger partial charge is 0.756 e. The predicted octanol–water partition coefficient (Wildman–Crippen LogP) is -2.53. The van der Waals surface area contributed by atoms with Crippen molar-refractivity contribution in [1.82, 2.24) is 14.5 Å². The number of aliphatic hydroxyl groups excluding tert-OH is 2. The van der Waals surface area contributed by atoms with E-state index in [0.717, 1.165) is 20.6 Å². The van der Waals surface area contributed by atoms with Crippen molar-refractivity contribution >= 4 is 52.2 Å². The van der Waals surface area contributed by atoms with E-state index in [1.54, 1.807) is 4.57 Å². The van der Waals surface area contributed by atoms with Crippen LogP contribution >= 0.6 is 30.9 Å². The second-order valence-corrected chi connectivity index (χ2v) is 8.79. The molecule has 0 amide bonds. The number of thioether (sulfide) groups is 1. The average molecular weight is 455 g/mol. The van der Waals surface area contributed by atoms with Crippen LogP contribution in [-0.4, -0.2) is 60.8 Å². The van der Waals surface area contributed by atoms with Crippen LogP contribution in [0.15, 0.2) is 22.8 Å². The third-order valence-corrected chi connectivity index (χ3v) is 6.42. The zero-order valence-corrected chi connectivity index (χ0v) is 19.4. The summed E-state index contributed by atoms with van der Waals surface area (Å²) in [6.07, 6.45) is -1.61. The predicted molar refractivity (Wildman–Crippen MR) is 96.4 cm³/mol. The summed E-state index contributed by atoms with van der Waals surface area (Å²) in [5.41, 5.74) is 0.533. The SMILES string of the molecule is CSc1ncnc2c1c1ccsc1n2[C@@H]1O[C@H](COP(=O)([O-])O)[C@@H](O)[C@H]1O.[Na+]. The monoisotopic (exact) mass is 455 g/mol. The van der Waals surface area contributed by atoms with E-state index < -0.39 is 39.0 Å². The Morgan fingerprint density at radius 3 is 2.86 bits per heavy atom. The van der Waals surface area contributed by atoms with Crippen molar-refractivity contribution in [3.05, 3.63) is 17.8 Å². The standard InChI is InChI=1S/C14H16N3O7PS2.Na/c1-26-12-8-6-2-3-27-14(6)17(11(8)15-5-16-12)13-10(19)9(18)7(24-13)4-23-25(20,21)22;/h2-3,5,7,9-10,13,18-19H,4H2,1H3,(H2,20,21,22);/q;+1/p-1/t7-,9-,10-,13-;/m1./s1. The Morgan fingerprint density at radius 2 is 2.18 bits per heavy atom. The number of nitrogens with zero attached hydrogens (tertiary/aromatic N) is 3. The minimum atomic E-state index is -4.97. The Kier molecular flexibility index (Phi) is 6.92. The molecule has 3 aromatic heterocycles. The van der Waals surface area contributed by atoms with Crippen LogP contribution in [0.2, 0.25) is 0 Å². The summed E-state index contributed by atoms with van der Waals surface area (Å²) in [6, 6.07) is 1.92. The summed E-state index contributed by atoms with van der Waals surface area (Å²) in [6.45, 7) is -0.621. The van der Waals surface area contributed by atoms with Crippen LogP contribution in [0.25, 0.3) is 21.3 Å².